The van der Waals surface area contributed by atoms with Crippen LogP contribution in [0.4, 0.5) is 0 Å². The van der Waals surface area contributed by atoms with Gasteiger partial charge < -0.3 is 4.74 Å². The Morgan fingerprint density at radius 1 is 1.38 bits per heavy atom. The van der Waals surface area contributed by atoms with Gasteiger partial charge in [0.05, 0.1) is 0 Å². The van der Waals surface area contributed by atoms with E-state index in [0.29, 0.717) is 0 Å². The van der Waals surface area contributed by atoms with Crippen LogP contribution in [-0.2, 0) is 6.42 Å². The van der Waals surface area contributed by atoms with E-state index in [-0.39, 0.29) is 6.10 Å². The van der Waals surface area contributed by atoms with Gasteiger partial charge in [-0.25, -0.2) is 0 Å². The topological polar surface area (TPSA) is 9.23 Å². The van der Waals surface area contributed by atoms with Crippen LogP contribution in [0.1, 0.15) is 19.4 Å². The van der Waals surface area contributed by atoms with Gasteiger partial charge in [0.1, 0.15) is 11.9 Å². The molecule has 1 heteroatoms. The van der Waals surface area contributed by atoms with Crippen molar-refractivity contribution in [1.82, 2.24) is 0 Å². The van der Waals surface area contributed by atoms with Gasteiger partial charge in [0, 0.05) is 0 Å². The van der Waals surface area contributed by atoms with Gasteiger partial charge >= 0.3 is 0 Å². The molecule has 0 saturated heterocycles. The molecule has 0 saturated carbocycles. The monoisotopic (exact) mass is 176 g/mol. The third kappa shape index (κ3) is 2.94. The maximum absolute atomic E-state index is 5.54. The highest BCUT2D eigenvalue weighted by molar-refractivity contribution is 5.27. The van der Waals surface area contributed by atoms with E-state index in [4.69, 9.17) is 4.74 Å². The Balaban J connectivity index is 2.63. The smallest absolute Gasteiger partial charge is 0.120 e. The number of ether oxygens (including phenoxy) is 1. The molecule has 0 aliphatic carbocycles. The van der Waals surface area contributed by atoms with Crippen LogP contribution in [0.2, 0.25) is 0 Å². The average molecular weight is 176 g/mol. The van der Waals surface area contributed by atoms with Crippen molar-refractivity contribution >= 4 is 0 Å². The molecular weight excluding hydrogens is 160 g/mol. The van der Waals surface area contributed by atoms with Gasteiger partial charge in [0.2, 0.25) is 0 Å². The predicted molar refractivity (Wildman–Crippen MR) is 56.1 cm³/mol. The molecule has 1 unspecified atom stereocenters. The Bertz CT molecular complexity index is 261. The highest BCUT2D eigenvalue weighted by atomic mass is 16.5. The summed E-state index contributed by atoms with van der Waals surface area (Å²) in [6.45, 7) is 7.78. The molecule has 0 aliphatic heterocycles. The minimum Gasteiger partial charge on any atom is -0.487 e. The lowest BCUT2D eigenvalue weighted by Gasteiger charge is -2.10. The summed E-state index contributed by atoms with van der Waals surface area (Å²) in [5, 5.41) is 0. The van der Waals surface area contributed by atoms with Crippen molar-refractivity contribution in [1.29, 1.82) is 0 Å². The summed E-state index contributed by atoms with van der Waals surface area (Å²) in [4.78, 5) is 0. The Morgan fingerprint density at radius 3 is 2.46 bits per heavy atom. The molecule has 0 fully saturated rings. The molecule has 1 atom stereocenters. The molecule has 1 rings (SSSR count). The van der Waals surface area contributed by atoms with E-state index in [1.807, 2.05) is 19.1 Å². The first-order valence-corrected chi connectivity index (χ1v) is 4.64. The number of rotatable bonds is 4. The lowest BCUT2D eigenvalue weighted by molar-refractivity contribution is 0.270. The molecule has 0 aromatic heterocycles. The second-order valence-electron chi connectivity index (χ2n) is 3.06. The van der Waals surface area contributed by atoms with Gasteiger partial charge in [-0.05, 0) is 31.0 Å². The SMILES string of the molecule is C=CC(C)Oc1ccc(CC)cc1. The maximum Gasteiger partial charge on any atom is 0.120 e. The summed E-state index contributed by atoms with van der Waals surface area (Å²) >= 11 is 0. The molecule has 0 bridgehead atoms. The summed E-state index contributed by atoms with van der Waals surface area (Å²) in [6, 6.07) is 8.17. The molecule has 0 spiro atoms. The van der Waals surface area contributed by atoms with E-state index in [1.54, 1.807) is 6.08 Å². The lowest BCUT2D eigenvalue weighted by Crippen LogP contribution is -2.06. The number of hydrogen-bond acceptors (Lipinski definition) is 1. The number of hydrogen-bond donors (Lipinski definition) is 0. The fraction of sp³-hybridized carbons (Fsp3) is 0.333. The fourth-order valence-electron chi connectivity index (χ4n) is 1.07. The van der Waals surface area contributed by atoms with Crippen LogP contribution >= 0.6 is 0 Å². The van der Waals surface area contributed by atoms with Crippen molar-refractivity contribution in [3.8, 4) is 5.75 Å². The zero-order chi connectivity index (χ0) is 9.68. The van der Waals surface area contributed by atoms with Crippen LogP contribution in [0, 0.1) is 0 Å². The quantitative estimate of drug-likeness (QED) is 0.640. The van der Waals surface area contributed by atoms with Crippen molar-refractivity contribution in [2.75, 3.05) is 0 Å². The molecule has 0 N–H and O–H groups in total. The van der Waals surface area contributed by atoms with Crippen molar-refractivity contribution in [2.24, 2.45) is 0 Å². The van der Waals surface area contributed by atoms with Crippen LogP contribution in [0.5, 0.6) is 5.75 Å². The van der Waals surface area contributed by atoms with Crippen LogP contribution in [0.3, 0.4) is 0 Å². The Kier molecular flexibility index (Phi) is 3.56. The molecule has 1 nitrogen and oxygen atoms in total. The zero-order valence-corrected chi connectivity index (χ0v) is 8.29. The van der Waals surface area contributed by atoms with Crippen LogP contribution in [0.25, 0.3) is 0 Å². The highest BCUT2D eigenvalue weighted by Gasteiger charge is 1.97. The Hall–Kier alpha value is -1.24. The standard InChI is InChI=1S/C12H16O/c1-4-10(3)13-12-8-6-11(5-2)7-9-12/h4,6-10H,1,5H2,2-3H3. The van der Waals surface area contributed by atoms with Gasteiger partial charge in [-0.1, -0.05) is 31.7 Å². The number of aryl methyl sites for hydroxylation is 1. The largest absolute Gasteiger partial charge is 0.487 e. The van der Waals surface area contributed by atoms with E-state index >= 15 is 0 Å². The molecule has 0 heterocycles. The van der Waals surface area contributed by atoms with E-state index in [2.05, 4.69) is 25.6 Å². The van der Waals surface area contributed by atoms with Crippen molar-refractivity contribution < 1.29 is 4.74 Å². The summed E-state index contributed by atoms with van der Waals surface area (Å²) < 4.78 is 5.54. The van der Waals surface area contributed by atoms with Crippen LogP contribution in [-0.4, -0.2) is 6.10 Å². The maximum atomic E-state index is 5.54. The molecular formula is C12H16O. The molecule has 0 radical (unpaired) electrons. The Labute approximate surface area is 80.0 Å². The molecule has 1 aromatic carbocycles. The second kappa shape index (κ2) is 4.70. The van der Waals surface area contributed by atoms with Gasteiger partial charge in [-0.3, -0.25) is 0 Å². The van der Waals surface area contributed by atoms with Crippen LogP contribution < -0.4 is 4.74 Å². The summed E-state index contributed by atoms with van der Waals surface area (Å²) in [5.41, 5.74) is 1.33. The minimum absolute atomic E-state index is 0.0764. The fourth-order valence-corrected chi connectivity index (χ4v) is 1.07. The average Bonchev–Trinajstić information content (AvgIpc) is 2.19. The van der Waals surface area contributed by atoms with Gasteiger partial charge in [-0.2, -0.15) is 0 Å². The molecule has 13 heavy (non-hydrogen) atoms. The Morgan fingerprint density at radius 2 is 2.00 bits per heavy atom. The van der Waals surface area contributed by atoms with E-state index in [1.165, 1.54) is 5.56 Å². The van der Waals surface area contributed by atoms with Gasteiger partial charge in [0.15, 0.2) is 0 Å². The first kappa shape index (κ1) is 9.85. The summed E-state index contributed by atoms with van der Waals surface area (Å²) in [7, 11) is 0. The third-order valence-corrected chi connectivity index (χ3v) is 1.99. The summed E-state index contributed by atoms with van der Waals surface area (Å²) in [6.07, 6.45) is 2.93. The van der Waals surface area contributed by atoms with Crippen molar-refractivity contribution in [2.45, 2.75) is 26.4 Å². The van der Waals surface area contributed by atoms with E-state index < -0.39 is 0 Å². The molecule has 0 aliphatic rings. The van der Waals surface area contributed by atoms with Crippen LogP contribution in [0.15, 0.2) is 36.9 Å². The highest BCUT2D eigenvalue weighted by Crippen LogP contribution is 2.14. The number of benzene rings is 1. The van der Waals surface area contributed by atoms with E-state index in [0.717, 1.165) is 12.2 Å². The first-order valence-electron chi connectivity index (χ1n) is 4.64. The molecule has 70 valence electrons. The molecule has 1 aromatic rings. The third-order valence-electron chi connectivity index (χ3n) is 1.99. The molecule has 0 amide bonds. The zero-order valence-electron chi connectivity index (χ0n) is 8.29. The summed E-state index contributed by atoms with van der Waals surface area (Å²) in [5.74, 6) is 0.907. The minimum atomic E-state index is 0.0764. The van der Waals surface area contributed by atoms with Gasteiger partial charge in [-0.15, -0.1) is 0 Å². The predicted octanol–water partition coefficient (Wildman–Crippen LogP) is 3.20. The lowest BCUT2D eigenvalue weighted by atomic mass is 10.2. The normalized spacial score (nSPS) is 12.2. The first-order chi connectivity index (χ1) is 6.26. The van der Waals surface area contributed by atoms with E-state index in [9.17, 15) is 0 Å². The second-order valence-corrected chi connectivity index (χ2v) is 3.06. The van der Waals surface area contributed by atoms with Crippen molar-refractivity contribution in [3.63, 3.8) is 0 Å². The van der Waals surface area contributed by atoms with Gasteiger partial charge in [0.25, 0.3) is 0 Å². The van der Waals surface area contributed by atoms with Crippen molar-refractivity contribution in [3.05, 3.63) is 42.5 Å².